The number of carbonyl (C=O) groups is 1. The fraction of sp³-hybridized carbons (Fsp3) is 0.533. The average molecular weight is 273 g/mol. The fourth-order valence-corrected chi connectivity index (χ4v) is 2.44. The van der Waals surface area contributed by atoms with Crippen molar-refractivity contribution < 1.29 is 9.53 Å². The monoisotopic (exact) mass is 273 g/mol. The third-order valence-corrected chi connectivity index (χ3v) is 3.36. The molecule has 1 aliphatic rings. The first-order chi connectivity index (χ1) is 9.39. The number of hydrogen-bond donors (Lipinski definition) is 1. The van der Waals surface area contributed by atoms with Gasteiger partial charge < -0.3 is 10.1 Å². The molecule has 1 aliphatic heterocycles. The fourth-order valence-electron chi connectivity index (χ4n) is 2.44. The average Bonchev–Trinajstić information content (AvgIpc) is 2.83. The molecule has 1 aromatic heterocycles. The van der Waals surface area contributed by atoms with Crippen molar-refractivity contribution in [2.24, 2.45) is 5.92 Å². The maximum absolute atomic E-state index is 12.4. The largest absolute Gasteiger partial charge is 0.460 e. The van der Waals surface area contributed by atoms with E-state index in [2.05, 4.69) is 16.4 Å². The van der Waals surface area contributed by atoms with Gasteiger partial charge in [0.1, 0.15) is 11.0 Å². The number of nitrogens with one attached hydrogen (secondary N) is 1. The molecule has 20 heavy (non-hydrogen) atoms. The Balaban J connectivity index is 2.34. The Bertz CT molecular complexity index is 530. The molecule has 0 aliphatic carbocycles. The Morgan fingerprint density at radius 1 is 1.55 bits per heavy atom. The summed E-state index contributed by atoms with van der Waals surface area (Å²) in [5, 5.41) is 12.8. The number of nitriles is 1. The van der Waals surface area contributed by atoms with Gasteiger partial charge in [-0.3, -0.25) is 9.78 Å². The van der Waals surface area contributed by atoms with Crippen LogP contribution in [0.15, 0.2) is 24.4 Å². The van der Waals surface area contributed by atoms with Crippen LogP contribution in [0.3, 0.4) is 0 Å². The highest BCUT2D eigenvalue weighted by atomic mass is 16.6. The number of nitrogens with zero attached hydrogens (tertiary/aromatic N) is 2. The lowest BCUT2D eigenvalue weighted by Gasteiger charge is -2.28. The van der Waals surface area contributed by atoms with Crippen LogP contribution in [0.4, 0.5) is 0 Å². The van der Waals surface area contributed by atoms with Crippen molar-refractivity contribution in [1.82, 2.24) is 10.3 Å². The summed E-state index contributed by atoms with van der Waals surface area (Å²) >= 11 is 0. The molecule has 0 bridgehead atoms. The van der Waals surface area contributed by atoms with Crippen molar-refractivity contribution in [2.75, 3.05) is 13.1 Å². The van der Waals surface area contributed by atoms with Crippen LogP contribution < -0.4 is 5.32 Å². The van der Waals surface area contributed by atoms with E-state index < -0.39 is 16.9 Å². The van der Waals surface area contributed by atoms with Crippen LogP contribution in [0.5, 0.6) is 0 Å². The molecule has 1 saturated heterocycles. The molecule has 1 fully saturated rings. The summed E-state index contributed by atoms with van der Waals surface area (Å²) in [7, 11) is 0. The molecule has 1 aromatic rings. The van der Waals surface area contributed by atoms with Crippen molar-refractivity contribution in [2.45, 2.75) is 31.8 Å². The Kier molecular flexibility index (Phi) is 3.78. The maximum atomic E-state index is 12.4. The summed E-state index contributed by atoms with van der Waals surface area (Å²) in [4.78, 5) is 16.6. The molecule has 5 heteroatoms. The summed E-state index contributed by atoms with van der Waals surface area (Å²) in [5.74, 6) is -0.892. The van der Waals surface area contributed by atoms with E-state index in [-0.39, 0.29) is 5.97 Å². The van der Waals surface area contributed by atoms with Crippen molar-refractivity contribution in [1.29, 1.82) is 5.26 Å². The van der Waals surface area contributed by atoms with Gasteiger partial charge in [0, 0.05) is 19.3 Å². The van der Waals surface area contributed by atoms with Crippen LogP contribution >= 0.6 is 0 Å². The van der Waals surface area contributed by atoms with Gasteiger partial charge in [0.05, 0.1) is 17.7 Å². The predicted molar refractivity (Wildman–Crippen MR) is 73.7 cm³/mol. The Morgan fingerprint density at radius 3 is 2.85 bits per heavy atom. The van der Waals surface area contributed by atoms with Gasteiger partial charge in [-0.2, -0.15) is 5.26 Å². The Morgan fingerprint density at radius 2 is 2.30 bits per heavy atom. The van der Waals surface area contributed by atoms with Crippen LogP contribution in [0.25, 0.3) is 0 Å². The lowest BCUT2D eigenvalue weighted by molar-refractivity contribution is -0.160. The molecule has 0 amide bonds. The smallest absolute Gasteiger partial charge is 0.312 e. The van der Waals surface area contributed by atoms with Gasteiger partial charge in [-0.25, -0.2) is 0 Å². The van der Waals surface area contributed by atoms with Crippen LogP contribution in [0, 0.1) is 17.2 Å². The predicted octanol–water partition coefficient (Wildman–Crippen LogP) is 1.40. The van der Waals surface area contributed by atoms with Gasteiger partial charge in [-0.1, -0.05) is 6.07 Å². The second-order valence-electron chi connectivity index (χ2n) is 6.02. The molecule has 2 unspecified atom stereocenters. The minimum atomic E-state index is -0.955. The number of esters is 1. The van der Waals surface area contributed by atoms with Gasteiger partial charge >= 0.3 is 5.97 Å². The summed E-state index contributed by atoms with van der Waals surface area (Å²) in [6.45, 7) is 6.30. The highest BCUT2D eigenvalue weighted by Crippen LogP contribution is 2.35. The van der Waals surface area contributed by atoms with E-state index in [1.54, 1.807) is 18.3 Å². The van der Waals surface area contributed by atoms with Crippen LogP contribution in [0.2, 0.25) is 0 Å². The number of carbonyl (C=O) groups excluding carboxylic acids is 1. The number of ether oxygens (including phenoxy) is 1. The number of rotatable bonds is 2. The lowest BCUT2D eigenvalue weighted by Crippen LogP contribution is -2.41. The standard InChI is InChI=1S/C15H19N3O2/c1-14(2,3)20-13(19)11-8-17-10-15(11,9-16)12-6-4-5-7-18-12/h4-7,11,17H,8,10H2,1-3H3. The molecule has 0 spiro atoms. The second kappa shape index (κ2) is 5.22. The topological polar surface area (TPSA) is 75.0 Å². The Labute approximate surface area is 119 Å². The normalized spacial score (nSPS) is 26.0. The first kappa shape index (κ1) is 14.5. The van der Waals surface area contributed by atoms with Gasteiger partial charge in [0.2, 0.25) is 0 Å². The minimum Gasteiger partial charge on any atom is -0.460 e. The highest BCUT2D eigenvalue weighted by Gasteiger charge is 2.51. The van der Waals surface area contributed by atoms with E-state index in [4.69, 9.17) is 4.74 Å². The van der Waals surface area contributed by atoms with Crippen LogP contribution in [-0.4, -0.2) is 29.6 Å². The third kappa shape index (κ3) is 2.66. The zero-order chi connectivity index (χ0) is 14.8. The van der Waals surface area contributed by atoms with Crippen molar-refractivity contribution in [3.05, 3.63) is 30.1 Å². The highest BCUT2D eigenvalue weighted by molar-refractivity contribution is 5.77. The molecule has 2 atom stereocenters. The number of aromatic nitrogens is 1. The molecular formula is C15H19N3O2. The van der Waals surface area contributed by atoms with Crippen LogP contribution in [0.1, 0.15) is 26.5 Å². The maximum Gasteiger partial charge on any atom is 0.312 e. The van der Waals surface area contributed by atoms with Crippen LogP contribution in [-0.2, 0) is 14.9 Å². The summed E-state index contributed by atoms with van der Waals surface area (Å²) < 4.78 is 5.44. The zero-order valence-corrected chi connectivity index (χ0v) is 12.0. The van der Waals surface area contributed by atoms with E-state index >= 15 is 0 Å². The van der Waals surface area contributed by atoms with Crippen molar-refractivity contribution in [3.63, 3.8) is 0 Å². The first-order valence-corrected chi connectivity index (χ1v) is 6.65. The van der Waals surface area contributed by atoms with E-state index in [1.807, 2.05) is 26.8 Å². The SMILES string of the molecule is CC(C)(C)OC(=O)C1CNCC1(C#N)c1ccccn1. The van der Waals surface area contributed by atoms with Gasteiger partial charge in [0.25, 0.3) is 0 Å². The Hall–Kier alpha value is -1.93. The molecule has 2 heterocycles. The van der Waals surface area contributed by atoms with Crippen molar-refractivity contribution >= 4 is 5.97 Å². The van der Waals surface area contributed by atoms with E-state index in [1.165, 1.54) is 0 Å². The molecule has 5 nitrogen and oxygen atoms in total. The summed E-state index contributed by atoms with van der Waals surface area (Å²) in [5.41, 5.74) is -0.905. The summed E-state index contributed by atoms with van der Waals surface area (Å²) in [6.07, 6.45) is 1.64. The van der Waals surface area contributed by atoms with E-state index in [9.17, 15) is 10.1 Å². The van der Waals surface area contributed by atoms with Crippen molar-refractivity contribution in [3.8, 4) is 6.07 Å². The molecule has 0 aromatic carbocycles. The lowest BCUT2D eigenvalue weighted by atomic mass is 9.76. The molecular weight excluding hydrogens is 254 g/mol. The second-order valence-corrected chi connectivity index (χ2v) is 6.02. The zero-order valence-electron chi connectivity index (χ0n) is 12.0. The molecule has 0 radical (unpaired) electrons. The summed E-state index contributed by atoms with van der Waals surface area (Å²) in [6, 6.07) is 7.69. The first-order valence-electron chi connectivity index (χ1n) is 6.65. The molecule has 1 N–H and O–H groups in total. The number of pyridine rings is 1. The minimum absolute atomic E-state index is 0.352. The number of hydrogen-bond acceptors (Lipinski definition) is 5. The van der Waals surface area contributed by atoms with Gasteiger partial charge in [-0.15, -0.1) is 0 Å². The quantitative estimate of drug-likeness (QED) is 0.824. The van der Waals surface area contributed by atoms with E-state index in [0.29, 0.717) is 18.8 Å². The van der Waals surface area contributed by atoms with E-state index in [0.717, 1.165) is 0 Å². The third-order valence-electron chi connectivity index (χ3n) is 3.36. The molecule has 0 saturated carbocycles. The molecule has 2 rings (SSSR count). The van der Waals surface area contributed by atoms with Gasteiger partial charge in [-0.05, 0) is 32.9 Å². The molecule has 106 valence electrons. The van der Waals surface area contributed by atoms with Gasteiger partial charge in [0.15, 0.2) is 0 Å².